The highest BCUT2D eigenvalue weighted by Gasteiger charge is 2.21. The van der Waals surface area contributed by atoms with Crippen molar-refractivity contribution in [2.45, 2.75) is 24.8 Å². The monoisotopic (exact) mass is 461 g/mol. The quantitative estimate of drug-likeness (QED) is 0.355. The fourth-order valence-electron chi connectivity index (χ4n) is 2.75. The Morgan fingerprint density at radius 2 is 1.81 bits per heavy atom. The van der Waals surface area contributed by atoms with Crippen molar-refractivity contribution in [3.63, 3.8) is 0 Å². The molecule has 3 N–H and O–H groups in total. The Hall–Kier alpha value is -3.57. The minimum absolute atomic E-state index is 0.277. The van der Waals surface area contributed by atoms with E-state index < -0.39 is 23.1 Å². The summed E-state index contributed by atoms with van der Waals surface area (Å²) in [6.07, 6.45) is 2.85. The Labute approximate surface area is 187 Å². The number of imidazole rings is 1. The van der Waals surface area contributed by atoms with Crippen LogP contribution in [0, 0.1) is 13.8 Å². The van der Waals surface area contributed by atoms with Gasteiger partial charge in [0.05, 0.1) is 30.9 Å². The molecule has 2 aromatic heterocycles. The number of hydrogen-bond acceptors (Lipinski definition) is 7. The minimum atomic E-state index is -1.33. The van der Waals surface area contributed by atoms with E-state index in [1.807, 2.05) is 32.0 Å². The molecule has 0 saturated heterocycles. The van der Waals surface area contributed by atoms with Gasteiger partial charge < -0.3 is 24.2 Å². The van der Waals surface area contributed by atoms with Gasteiger partial charge in [0.1, 0.15) is 11.5 Å². The topological polar surface area (TPSA) is 158 Å². The van der Waals surface area contributed by atoms with E-state index in [2.05, 4.69) is 15.0 Å². The first-order chi connectivity index (χ1) is 15.2. The Morgan fingerprint density at radius 3 is 2.38 bits per heavy atom. The normalized spacial score (nSPS) is 11.7. The number of aromatic amines is 1. The minimum Gasteiger partial charge on any atom is -0.609 e. The number of carbonyl (C=O) groups is 2. The average molecular weight is 461 g/mol. The van der Waals surface area contributed by atoms with E-state index in [1.54, 1.807) is 20.4 Å². The van der Waals surface area contributed by atoms with Gasteiger partial charge in [-0.05, 0) is 26.0 Å². The van der Waals surface area contributed by atoms with Crippen LogP contribution in [0.4, 0.5) is 0 Å². The number of ether oxygens (including phenoxy) is 2. The second-order valence-corrected chi connectivity index (χ2v) is 7.84. The lowest BCUT2D eigenvalue weighted by atomic mass is 10.1. The van der Waals surface area contributed by atoms with Crippen molar-refractivity contribution in [1.29, 1.82) is 0 Å². The third kappa shape index (κ3) is 6.46. The summed E-state index contributed by atoms with van der Waals surface area (Å²) >= 11 is -1.33. The van der Waals surface area contributed by atoms with Crippen molar-refractivity contribution in [2.24, 2.45) is 0 Å². The molecule has 0 bridgehead atoms. The molecule has 1 atom stereocenters. The summed E-state index contributed by atoms with van der Waals surface area (Å²) in [5, 5.41) is 16.1. The van der Waals surface area contributed by atoms with Crippen LogP contribution in [0.3, 0.4) is 0 Å². The molecule has 0 spiro atoms. The van der Waals surface area contributed by atoms with Gasteiger partial charge in [-0.2, -0.15) is 4.98 Å². The molecule has 32 heavy (non-hydrogen) atoms. The van der Waals surface area contributed by atoms with Crippen molar-refractivity contribution in [2.75, 3.05) is 14.2 Å². The molecule has 0 aliphatic carbocycles. The second-order valence-electron chi connectivity index (χ2n) is 6.47. The molecule has 0 aliphatic heterocycles. The van der Waals surface area contributed by atoms with E-state index >= 15 is 0 Å². The predicted octanol–water partition coefficient (Wildman–Crippen LogP) is 2.61. The lowest BCUT2D eigenvalue weighted by molar-refractivity contribution is -0.134. The summed E-state index contributed by atoms with van der Waals surface area (Å²) in [6.45, 7) is 3.86. The Bertz CT molecular complexity index is 1130. The SMILES string of the molecule is COc1ccc2[nH]c([S@@+]([O-])Cc3ncc(C)c(OC)c3C)nc2c1.O=C(O)/C=C\C(=O)O. The van der Waals surface area contributed by atoms with Gasteiger partial charge in [0, 0.05) is 46.7 Å². The Morgan fingerprint density at radius 1 is 1.16 bits per heavy atom. The van der Waals surface area contributed by atoms with Crippen molar-refractivity contribution in [3.8, 4) is 11.5 Å². The standard InChI is InChI=1S/C17H19N3O3S.C4H4O4/c1-10-8-18-15(11(2)16(10)23-4)9-24(21)17-19-13-6-5-12(22-3)7-14(13)20-17;5-3(6)1-2-4(7)8/h5-8H,9H2,1-4H3,(H,19,20);1-2H,(H,5,6)(H,7,8)/b;2-1-/t24-;/m0./s1. The van der Waals surface area contributed by atoms with E-state index in [0.717, 1.165) is 33.6 Å². The lowest BCUT2D eigenvalue weighted by Gasteiger charge is -2.13. The number of aromatic nitrogens is 3. The number of nitrogens with one attached hydrogen (secondary N) is 1. The van der Waals surface area contributed by atoms with Crippen LogP contribution >= 0.6 is 0 Å². The summed E-state index contributed by atoms with van der Waals surface area (Å²) in [7, 11) is 3.23. The maximum absolute atomic E-state index is 12.7. The number of rotatable bonds is 7. The fourth-order valence-corrected chi connectivity index (χ4v) is 3.85. The van der Waals surface area contributed by atoms with Crippen molar-refractivity contribution in [1.82, 2.24) is 15.0 Å². The molecule has 0 radical (unpaired) electrons. The number of aryl methyl sites for hydroxylation is 1. The first-order valence-electron chi connectivity index (χ1n) is 9.21. The molecule has 3 rings (SSSR count). The number of benzene rings is 1. The maximum atomic E-state index is 12.7. The van der Waals surface area contributed by atoms with Crippen molar-refractivity contribution < 1.29 is 33.8 Å². The van der Waals surface area contributed by atoms with Gasteiger partial charge >= 0.3 is 17.1 Å². The van der Waals surface area contributed by atoms with Gasteiger partial charge in [-0.15, -0.1) is 0 Å². The van der Waals surface area contributed by atoms with Crippen LogP contribution in [0.5, 0.6) is 11.5 Å². The van der Waals surface area contributed by atoms with Crippen LogP contribution in [0.2, 0.25) is 0 Å². The summed E-state index contributed by atoms with van der Waals surface area (Å²) in [5.74, 6) is -0.738. The first kappa shape index (κ1) is 24.7. The molecule has 0 amide bonds. The van der Waals surface area contributed by atoms with Crippen molar-refractivity contribution >= 4 is 34.1 Å². The molecule has 1 aromatic carbocycles. The molecule has 3 aromatic rings. The number of carboxylic acid groups (broad SMARTS) is 2. The highest BCUT2D eigenvalue weighted by Crippen LogP contribution is 2.27. The summed E-state index contributed by atoms with van der Waals surface area (Å²) in [5.41, 5.74) is 4.16. The molecule has 170 valence electrons. The number of hydrogen-bond donors (Lipinski definition) is 3. The average Bonchev–Trinajstić information content (AvgIpc) is 3.18. The van der Waals surface area contributed by atoms with Gasteiger partial charge in [0.15, 0.2) is 5.75 Å². The molecule has 0 saturated carbocycles. The van der Waals surface area contributed by atoms with Gasteiger partial charge in [-0.3, -0.25) is 9.97 Å². The molecule has 2 heterocycles. The Balaban J connectivity index is 0.000000390. The zero-order valence-corrected chi connectivity index (χ0v) is 18.7. The van der Waals surface area contributed by atoms with E-state index in [9.17, 15) is 14.1 Å². The molecule has 0 fully saturated rings. The lowest BCUT2D eigenvalue weighted by Crippen LogP contribution is -2.10. The van der Waals surface area contributed by atoms with Gasteiger partial charge in [-0.1, -0.05) is 0 Å². The summed E-state index contributed by atoms with van der Waals surface area (Å²) < 4.78 is 23.3. The smallest absolute Gasteiger partial charge is 0.328 e. The van der Waals surface area contributed by atoms with Gasteiger partial charge in [-0.25, -0.2) is 9.59 Å². The number of nitrogens with zero attached hydrogens (tertiary/aromatic N) is 2. The van der Waals surface area contributed by atoms with Crippen molar-refractivity contribution in [3.05, 3.63) is 53.4 Å². The maximum Gasteiger partial charge on any atom is 0.328 e. The van der Waals surface area contributed by atoms with Crippen LogP contribution in [-0.2, 0) is 26.5 Å². The van der Waals surface area contributed by atoms with Crippen LogP contribution in [0.25, 0.3) is 11.0 Å². The van der Waals surface area contributed by atoms with Gasteiger partial charge in [0.2, 0.25) is 0 Å². The molecule has 11 heteroatoms. The highest BCUT2D eigenvalue weighted by molar-refractivity contribution is 7.90. The molecule has 0 unspecified atom stereocenters. The van der Waals surface area contributed by atoms with Crippen LogP contribution in [0.15, 0.2) is 41.7 Å². The first-order valence-corrected chi connectivity index (χ1v) is 10.5. The number of aliphatic carboxylic acids is 2. The number of carboxylic acids is 2. The van der Waals surface area contributed by atoms with E-state index in [1.165, 1.54) is 0 Å². The second kappa shape index (κ2) is 11.2. The number of pyridine rings is 1. The molecule has 10 nitrogen and oxygen atoms in total. The van der Waals surface area contributed by atoms with Crippen LogP contribution in [-0.4, -0.2) is 55.9 Å². The third-order valence-corrected chi connectivity index (χ3v) is 5.43. The molecule has 0 aliphatic rings. The number of methoxy groups -OCH3 is 2. The van der Waals surface area contributed by atoms with E-state index in [4.69, 9.17) is 19.7 Å². The fraction of sp³-hybridized carbons (Fsp3) is 0.238. The van der Waals surface area contributed by atoms with E-state index in [-0.39, 0.29) is 5.75 Å². The summed E-state index contributed by atoms with van der Waals surface area (Å²) in [6, 6.07) is 5.51. The summed E-state index contributed by atoms with van der Waals surface area (Å²) in [4.78, 5) is 31.0. The molecular weight excluding hydrogens is 438 g/mol. The Kier molecular flexibility index (Phi) is 8.62. The highest BCUT2D eigenvalue weighted by atomic mass is 32.2. The van der Waals surface area contributed by atoms with Crippen LogP contribution in [0.1, 0.15) is 16.8 Å². The molecular formula is C21H23N3O7S. The predicted molar refractivity (Wildman–Crippen MR) is 117 cm³/mol. The third-order valence-electron chi connectivity index (χ3n) is 4.27. The van der Waals surface area contributed by atoms with E-state index in [0.29, 0.717) is 23.1 Å². The number of fused-ring (bicyclic) bond motifs is 1. The number of H-pyrrole nitrogens is 1. The zero-order valence-electron chi connectivity index (χ0n) is 17.9. The largest absolute Gasteiger partial charge is 0.609 e. The zero-order chi connectivity index (χ0) is 23.8. The van der Waals surface area contributed by atoms with Crippen LogP contribution < -0.4 is 9.47 Å². The van der Waals surface area contributed by atoms with Gasteiger partial charge in [0.25, 0.3) is 0 Å².